The largest absolute Gasteiger partial charge is 0.314 e. The fraction of sp³-hybridized carbons (Fsp3) is 0.800. The highest BCUT2D eigenvalue weighted by Gasteiger charge is 2.19. The fourth-order valence-corrected chi connectivity index (χ4v) is 3.17. The van der Waals surface area contributed by atoms with Crippen LogP contribution in [0.2, 0.25) is 0 Å². The molecule has 18 heavy (non-hydrogen) atoms. The van der Waals surface area contributed by atoms with Crippen molar-refractivity contribution in [1.82, 2.24) is 15.1 Å². The van der Waals surface area contributed by atoms with Gasteiger partial charge in [0.15, 0.2) is 0 Å². The molecular formula is C15H27N3. The van der Waals surface area contributed by atoms with Crippen molar-refractivity contribution < 1.29 is 0 Å². The van der Waals surface area contributed by atoms with E-state index >= 15 is 0 Å². The fourth-order valence-electron chi connectivity index (χ4n) is 3.17. The molecule has 0 radical (unpaired) electrons. The van der Waals surface area contributed by atoms with Crippen LogP contribution in [0.3, 0.4) is 0 Å². The Morgan fingerprint density at radius 1 is 1.39 bits per heavy atom. The molecule has 1 aromatic rings. The molecule has 2 unspecified atom stereocenters. The van der Waals surface area contributed by atoms with Gasteiger partial charge in [-0.05, 0) is 43.7 Å². The van der Waals surface area contributed by atoms with Crippen LogP contribution in [0.25, 0.3) is 0 Å². The molecule has 1 N–H and O–H groups in total. The Labute approximate surface area is 111 Å². The minimum absolute atomic E-state index is 0.761. The molecule has 3 nitrogen and oxygen atoms in total. The van der Waals surface area contributed by atoms with Gasteiger partial charge < -0.3 is 5.32 Å². The van der Waals surface area contributed by atoms with Crippen molar-refractivity contribution in [3.63, 3.8) is 0 Å². The highest BCUT2D eigenvalue weighted by molar-refractivity contribution is 5.03. The van der Waals surface area contributed by atoms with Crippen LogP contribution in [0.1, 0.15) is 51.0 Å². The van der Waals surface area contributed by atoms with E-state index in [1.807, 2.05) is 17.9 Å². The number of hydrogen-bond acceptors (Lipinski definition) is 2. The van der Waals surface area contributed by atoms with Crippen molar-refractivity contribution in [1.29, 1.82) is 0 Å². The number of rotatable bonds is 5. The summed E-state index contributed by atoms with van der Waals surface area (Å²) in [7, 11) is 2.00. The molecular weight excluding hydrogens is 222 g/mol. The van der Waals surface area contributed by atoms with Crippen molar-refractivity contribution in [3.8, 4) is 0 Å². The third kappa shape index (κ3) is 4.13. The van der Waals surface area contributed by atoms with E-state index in [9.17, 15) is 0 Å². The average molecular weight is 249 g/mol. The zero-order chi connectivity index (χ0) is 12.8. The van der Waals surface area contributed by atoms with Gasteiger partial charge in [0, 0.05) is 19.3 Å². The molecule has 0 aromatic carbocycles. The third-order valence-corrected chi connectivity index (χ3v) is 4.13. The van der Waals surface area contributed by atoms with Crippen LogP contribution in [0.15, 0.2) is 12.4 Å². The molecule has 1 fully saturated rings. The van der Waals surface area contributed by atoms with Crippen LogP contribution in [-0.2, 0) is 13.5 Å². The van der Waals surface area contributed by atoms with Gasteiger partial charge in [0.1, 0.15) is 0 Å². The number of nitrogens with zero attached hydrogens (tertiary/aromatic N) is 2. The van der Waals surface area contributed by atoms with E-state index < -0.39 is 0 Å². The van der Waals surface area contributed by atoms with Crippen molar-refractivity contribution in [2.45, 2.75) is 57.9 Å². The van der Waals surface area contributed by atoms with Gasteiger partial charge in [0.25, 0.3) is 0 Å². The number of nitrogens with one attached hydrogen (secondary N) is 1. The Kier molecular flexibility index (Phi) is 5.24. The van der Waals surface area contributed by atoms with Crippen molar-refractivity contribution in [2.24, 2.45) is 13.0 Å². The lowest BCUT2D eigenvalue weighted by Gasteiger charge is -2.20. The molecule has 0 saturated heterocycles. The standard InChI is InChI=1S/C15H27N3/c1-3-16-15-7-5-4-6-13(10-15)8-9-14-11-17-18(2)12-14/h11-13,15-16H,3-10H2,1-2H3. The normalized spacial score (nSPS) is 25.0. The maximum atomic E-state index is 4.25. The molecule has 0 aliphatic heterocycles. The average Bonchev–Trinajstić information content (AvgIpc) is 2.63. The molecule has 1 aliphatic rings. The van der Waals surface area contributed by atoms with Crippen LogP contribution in [0.4, 0.5) is 0 Å². The van der Waals surface area contributed by atoms with Gasteiger partial charge in [-0.15, -0.1) is 0 Å². The van der Waals surface area contributed by atoms with Gasteiger partial charge in [-0.3, -0.25) is 4.68 Å². The first-order valence-electron chi connectivity index (χ1n) is 7.49. The third-order valence-electron chi connectivity index (χ3n) is 4.13. The topological polar surface area (TPSA) is 29.9 Å². The Bertz CT molecular complexity index is 345. The number of hydrogen-bond donors (Lipinski definition) is 1. The molecule has 2 rings (SSSR count). The predicted molar refractivity (Wildman–Crippen MR) is 75.6 cm³/mol. The summed E-state index contributed by atoms with van der Waals surface area (Å²) in [5.74, 6) is 0.900. The first-order chi connectivity index (χ1) is 8.78. The van der Waals surface area contributed by atoms with Gasteiger partial charge >= 0.3 is 0 Å². The lowest BCUT2D eigenvalue weighted by Crippen LogP contribution is -2.29. The van der Waals surface area contributed by atoms with Crippen LogP contribution in [-0.4, -0.2) is 22.4 Å². The lowest BCUT2D eigenvalue weighted by molar-refractivity contribution is 0.372. The van der Waals surface area contributed by atoms with Crippen LogP contribution in [0.5, 0.6) is 0 Å². The van der Waals surface area contributed by atoms with E-state index in [0.717, 1.165) is 18.5 Å². The lowest BCUT2D eigenvalue weighted by atomic mass is 9.92. The highest BCUT2D eigenvalue weighted by Crippen LogP contribution is 2.27. The van der Waals surface area contributed by atoms with E-state index in [4.69, 9.17) is 0 Å². The zero-order valence-electron chi connectivity index (χ0n) is 11.9. The smallest absolute Gasteiger partial charge is 0.0521 e. The summed E-state index contributed by atoms with van der Waals surface area (Å²) in [6.45, 7) is 3.33. The van der Waals surface area contributed by atoms with Crippen LogP contribution >= 0.6 is 0 Å². The Hall–Kier alpha value is -0.830. The summed E-state index contributed by atoms with van der Waals surface area (Å²) in [6, 6.07) is 0.761. The minimum Gasteiger partial charge on any atom is -0.314 e. The summed E-state index contributed by atoms with van der Waals surface area (Å²) in [5, 5.41) is 7.89. The second-order valence-corrected chi connectivity index (χ2v) is 5.70. The molecule has 2 atom stereocenters. The maximum Gasteiger partial charge on any atom is 0.0521 e. The first-order valence-corrected chi connectivity index (χ1v) is 7.49. The van der Waals surface area contributed by atoms with Crippen LogP contribution in [0, 0.1) is 5.92 Å². The van der Waals surface area contributed by atoms with Crippen molar-refractivity contribution >= 4 is 0 Å². The molecule has 1 heterocycles. The number of aryl methyl sites for hydroxylation is 2. The summed E-state index contributed by atoms with van der Waals surface area (Å²) < 4.78 is 1.91. The van der Waals surface area contributed by atoms with Gasteiger partial charge in [-0.1, -0.05) is 26.2 Å². The predicted octanol–water partition coefficient (Wildman–Crippen LogP) is 2.91. The monoisotopic (exact) mass is 249 g/mol. The molecule has 1 aromatic heterocycles. The van der Waals surface area contributed by atoms with Gasteiger partial charge in [-0.2, -0.15) is 5.10 Å². The molecule has 3 heteroatoms. The first kappa shape index (κ1) is 13.6. The summed E-state index contributed by atoms with van der Waals surface area (Å²) in [5.41, 5.74) is 1.39. The summed E-state index contributed by atoms with van der Waals surface area (Å²) in [6.07, 6.45) is 13.7. The van der Waals surface area contributed by atoms with E-state index in [2.05, 4.69) is 23.5 Å². The minimum atomic E-state index is 0.761. The molecule has 0 amide bonds. The summed E-state index contributed by atoms with van der Waals surface area (Å²) in [4.78, 5) is 0. The van der Waals surface area contributed by atoms with Crippen molar-refractivity contribution in [3.05, 3.63) is 18.0 Å². The van der Waals surface area contributed by atoms with Crippen molar-refractivity contribution in [2.75, 3.05) is 6.54 Å². The van der Waals surface area contributed by atoms with Gasteiger partial charge in [0.2, 0.25) is 0 Å². The number of aromatic nitrogens is 2. The highest BCUT2D eigenvalue weighted by atomic mass is 15.2. The maximum absolute atomic E-state index is 4.25. The zero-order valence-corrected chi connectivity index (χ0v) is 11.9. The quantitative estimate of drug-likeness (QED) is 0.813. The molecule has 0 bridgehead atoms. The Morgan fingerprint density at radius 2 is 2.22 bits per heavy atom. The summed E-state index contributed by atoms with van der Waals surface area (Å²) >= 11 is 0. The van der Waals surface area contributed by atoms with E-state index in [-0.39, 0.29) is 0 Å². The van der Waals surface area contributed by atoms with E-state index in [1.165, 1.54) is 50.5 Å². The molecule has 1 aliphatic carbocycles. The Morgan fingerprint density at radius 3 is 2.94 bits per heavy atom. The van der Waals surface area contributed by atoms with Gasteiger partial charge in [0.05, 0.1) is 6.20 Å². The van der Waals surface area contributed by atoms with E-state index in [0.29, 0.717) is 0 Å². The van der Waals surface area contributed by atoms with E-state index in [1.54, 1.807) is 0 Å². The second kappa shape index (κ2) is 6.93. The molecule has 0 spiro atoms. The van der Waals surface area contributed by atoms with Gasteiger partial charge in [-0.25, -0.2) is 0 Å². The second-order valence-electron chi connectivity index (χ2n) is 5.70. The van der Waals surface area contributed by atoms with Crippen LogP contribution < -0.4 is 5.32 Å². The SMILES string of the molecule is CCNC1CCCCC(CCc2cnn(C)c2)C1. The Balaban J connectivity index is 1.80. The molecule has 1 saturated carbocycles. The molecule has 102 valence electrons.